The first-order valence-corrected chi connectivity index (χ1v) is 6.73. The smallest absolute Gasteiger partial charge is 0.463 e. The van der Waals surface area contributed by atoms with Crippen LogP contribution >= 0.6 is 15.9 Å². The number of rotatable bonds is 6. The van der Waals surface area contributed by atoms with Crippen LogP contribution in [-0.2, 0) is 9.53 Å². The Bertz CT molecular complexity index is 518. The van der Waals surface area contributed by atoms with E-state index in [1.807, 2.05) is 0 Å². The molecule has 0 radical (unpaired) electrons. The van der Waals surface area contributed by atoms with Gasteiger partial charge in [-0.05, 0) is 41.1 Å². The third-order valence-corrected chi connectivity index (χ3v) is 2.74. The summed E-state index contributed by atoms with van der Waals surface area (Å²) in [7, 11) is 0. The van der Waals surface area contributed by atoms with Crippen molar-refractivity contribution < 1.29 is 27.4 Å². The molecule has 0 bridgehead atoms. The van der Waals surface area contributed by atoms with E-state index in [1.54, 1.807) is 13.0 Å². The first-order chi connectivity index (χ1) is 9.81. The Morgan fingerprint density at radius 3 is 2.71 bits per heavy atom. The van der Waals surface area contributed by atoms with Crippen molar-refractivity contribution in [2.24, 2.45) is 0 Å². The van der Waals surface area contributed by atoms with Crippen LogP contribution in [0.15, 0.2) is 34.8 Å². The molecule has 0 heterocycles. The first kappa shape index (κ1) is 17.4. The summed E-state index contributed by atoms with van der Waals surface area (Å²) in [5, 5.41) is 2.91. The van der Waals surface area contributed by atoms with Crippen molar-refractivity contribution in [3.8, 4) is 5.75 Å². The summed E-state index contributed by atoms with van der Waals surface area (Å²) >= 11 is 3.00. The van der Waals surface area contributed by atoms with E-state index in [9.17, 15) is 18.0 Å². The molecule has 8 heteroatoms. The number of ether oxygens (including phenoxy) is 2. The molecule has 0 saturated heterocycles. The average molecular weight is 368 g/mol. The molecule has 0 atom stereocenters. The fourth-order valence-corrected chi connectivity index (χ4v) is 1.80. The fourth-order valence-electron chi connectivity index (χ4n) is 1.34. The number of carbonyl (C=O) groups excluding carboxylic acids is 1. The van der Waals surface area contributed by atoms with Crippen molar-refractivity contribution >= 4 is 27.6 Å². The molecular weight excluding hydrogens is 355 g/mol. The van der Waals surface area contributed by atoms with Gasteiger partial charge in [0.25, 0.3) is 0 Å². The molecular formula is C13H13BrF3NO3. The number of nitrogens with one attached hydrogen (secondary N) is 1. The third kappa shape index (κ3) is 7.03. The Hall–Kier alpha value is -1.70. The van der Waals surface area contributed by atoms with Gasteiger partial charge < -0.3 is 14.8 Å². The molecule has 21 heavy (non-hydrogen) atoms. The molecule has 116 valence electrons. The number of benzene rings is 1. The van der Waals surface area contributed by atoms with Gasteiger partial charge in [-0.2, -0.15) is 0 Å². The second-order valence-electron chi connectivity index (χ2n) is 3.73. The number of hydrogen-bond acceptors (Lipinski definition) is 4. The Kier molecular flexibility index (Phi) is 6.54. The summed E-state index contributed by atoms with van der Waals surface area (Å²) in [6.45, 7) is 2.32. The Morgan fingerprint density at radius 1 is 1.43 bits per heavy atom. The van der Waals surface area contributed by atoms with Crippen LogP contribution in [0, 0.1) is 0 Å². The maximum Gasteiger partial charge on any atom is 0.573 e. The standard InChI is InChI=1S/C13H13BrF3NO3/c1-2-20-12(19)4-3-7-18-9-5-6-11(10(14)8-9)21-13(15,16)17/h3-6,8,18H,2,7H2,1H3/b4-3+. The number of carbonyl (C=O) groups is 1. The molecule has 1 aromatic rings. The van der Waals surface area contributed by atoms with Crippen molar-refractivity contribution in [1.82, 2.24) is 0 Å². The van der Waals surface area contributed by atoms with Crippen molar-refractivity contribution in [2.45, 2.75) is 13.3 Å². The molecule has 1 rings (SSSR count). The molecule has 1 N–H and O–H groups in total. The van der Waals surface area contributed by atoms with Gasteiger partial charge >= 0.3 is 12.3 Å². The van der Waals surface area contributed by atoms with Crippen LogP contribution in [-0.4, -0.2) is 25.5 Å². The SMILES string of the molecule is CCOC(=O)/C=C/CNc1ccc(OC(F)(F)F)c(Br)c1. The third-order valence-electron chi connectivity index (χ3n) is 2.12. The van der Waals surface area contributed by atoms with Crippen molar-refractivity contribution in [3.05, 3.63) is 34.8 Å². The highest BCUT2D eigenvalue weighted by Gasteiger charge is 2.31. The second-order valence-corrected chi connectivity index (χ2v) is 4.58. The van der Waals surface area contributed by atoms with Gasteiger partial charge in [-0.3, -0.25) is 0 Å². The zero-order valence-electron chi connectivity index (χ0n) is 11.0. The maximum absolute atomic E-state index is 12.1. The van der Waals surface area contributed by atoms with E-state index in [4.69, 9.17) is 4.74 Å². The molecule has 0 spiro atoms. The number of anilines is 1. The average Bonchev–Trinajstić information content (AvgIpc) is 2.37. The summed E-state index contributed by atoms with van der Waals surface area (Å²) in [6.07, 6.45) is -1.92. The minimum Gasteiger partial charge on any atom is -0.463 e. The second kappa shape index (κ2) is 7.92. The summed E-state index contributed by atoms with van der Waals surface area (Å²) in [5.74, 6) is -0.774. The summed E-state index contributed by atoms with van der Waals surface area (Å²) in [4.78, 5) is 11.0. The van der Waals surface area contributed by atoms with Gasteiger partial charge in [0.1, 0.15) is 5.75 Å². The van der Waals surface area contributed by atoms with E-state index >= 15 is 0 Å². The van der Waals surface area contributed by atoms with Gasteiger partial charge in [0.2, 0.25) is 0 Å². The Labute approximate surface area is 128 Å². The molecule has 0 amide bonds. The summed E-state index contributed by atoms with van der Waals surface area (Å²) in [6, 6.07) is 4.07. The molecule has 0 aromatic heterocycles. The number of alkyl halides is 3. The lowest BCUT2D eigenvalue weighted by molar-refractivity contribution is -0.274. The van der Waals surface area contributed by atoms with Crippen molar-refractivity contribution in [1.29, 1.82) is 0 Å². The molecule has 4 nitrogen and oxygen atoms in total. The molecule has 0 aliphatic carbocycles. The largest absolute Gasteiger partial charge is 0.573 e. The van der Waals surface area contributed by atoms with E-state index in [2.05, 4.69) is 26.0 Å². The minimum absolute atomic E-state index is 0.166. The van der Waals surface area contributed by atoms with E-state index in [-0.39, 0.29) is 10.2 Å². The van der Waals surface area contributed by atoms with E-state index < -0.39 is 12.3 Å². The summed E-state index contributed by atoms with van der Waals surface area (Å²) < 4.78 is 45.0. The number of esters is 1. The highest BCUT2D eigenvalue weighted by Crippen LogP contribution is 2.32. The predicted octanol–water partition coefficient (Wildman–Crippen LogP) is 3.88. The predicted molar refractivity (Wildman–Crippen MR) is 75.1 cm³/mol. The lowest BCUT2D eigenvalue weighted by Gasteiger charge is -2.12. The monoisotopic (exact) mass is 367 g/mol. The highest BCUT2D eigenvalue weighted by atomic mass is 79.9. The number of hydrogen-bond donors (Lipinski definition) is 1. The molecule has 0 fully saturated rings. The minimum atomic E-state index is -4.74. The lowest BCUT2D eigenvalue weighted by Crippen LogP contribution is -2.17. The van der Waals surface area contributed by atoms with Gasteiger partial charge in [0.15, 0.2) is 0 Å². The fraction of sp³-hybridized carbons (Fsp3) is 0.308. The van der Waals surface area contributed by atoms with Crippen LogP contribution in [0.1, 0.15) is 6.92 Å². The Morgan fingerprint density at radius 2 is 2.14 bits per heavy atom. The van der Waals surface area contributed by atoms with E-state index in [0.717, 1.165) is 0 Å². The van der Waals surface area contributed by atoms with Crippen LogP contribution < -0.4 is 10.1 Å². The zero-order chi connectivity index (χ0) is 15.9. The van der Waals surface area contributed by atoms with Crippen LogP contribution in [0.25, 0.3) is 0 Å². The summed E-state index contributed by atoms with van der Waals surface area (Å²) in [5.41, 5.74) is 0.574. The first-order valence-electron chi connectivity index (χ1n) is 5.94. The van der Waals surface area contributed by atoms with E-state index in [0.29, 0.717) is 18.8 Å². The highest BCUT2D eigenvalue weighted by molar-refractivity contribution is 9.10. The normalized spacial score (nSPS) is 11.5. The quantitative estimate of drug-likeness (QED) is 0.612. The topological polar surface area (TPSA) is 47.6 Å². The van der Waals surface area contributed by atoms with Gasteiger partial charge in [-0.1, -0.05) is 6.08 Å². The van der Waals surface area contributed by atoms with Crippen molar-refractivity contribution in [3.63, 3.8) is 0 Å². The molecule has 0 saturated carbocycles. The van der Waals surface area contributed by atoms with Crippen LogP contribution in [0.4, 0.5) is 18.9 Å². The maximum atomic E-state index is 12.1. The van der Waals surface area contributed by atoms with Crippen molar-refractivity contribution in [2.75, 3.05) is 18.5 Å². The molecule has 0 unspecified atom stereocenters. The lowest BCUT2D eigenvalue weighted by atomic mass is 10.3. The number of halogens is 4. The molecule has 0 aliphatic rings. The van der Waals surface area contributed by atoms with Gasteiger partial charge in [-0.15, -0.1) is 13.2 Å². The Balaban J connectivity index is 2.54. The van der Waals surface area contributed by atoms with Crippen LogP contribution in [0.5, 0.6) is 5.75 Å². The van der Waals surface area contributed by atoms with Gasteiger partial charge in [-0.25, -0.2) is 4.79 Å². The molecule has 0 aliphatic heterocycles. The van der Waals surface area contributed by atoms with Crippen LogP contribution in [0.2, 0.25) is 0 Å². The zero-order valence-corrected chi connectivity index (χ0v) is 12.6. The van der Waals surface area contributed by atoms with Crippen LogP contribution in [0.3, 0.4) is 0 Å². The molecule has 1 aromatic carbocycles. The van der Waals surface area contributed by atoms with Gasteiger partial charge in [0, 0.05) is 18.3 Å². The van der Waals surface area contributed by atoms with E-state index in [1.165, 1.54) is 24.3 Å². The van der Waals surface area contributed by atoms with Gasteiger partial charge in [0.05, 0.1) is 11.1 Å².